The Morgan fingerprint density at radius 3 is 2.53 bits per heavy atom. The number of hydrogen-bond donors (Lipinski definition) is 2. The first kappa shape index (κ1) is 15.7. The molecular weight excluding hydrogens is 272 g/mol. The van der Waals surface area contributed by atoms with Crippen molar-refractivity contribution >= 4 is 16.0 Å². The second kappa shape index (κ2) is 6.18. The normalized spacial score (nSPS) is 13.5. The number of sulfonamides is 1. The third kappa shape index (κ3) is 4.34. The van der Waals surface area contributed by atoms with E-state index < -0.39 is 16.1 Å². The van der Waals surface area contributed by atoms with Gasteiger partial charge >= 0.3 is 5.97 Å². The van der Waals surface area contributed by atoms with Crippen molar-refractivity contribution in [2.75, 3.05) is 7.11 Å². The Balaban J connectivity index is 2.70. The molecular formula is C11H18N2O5S. The lowest BCUT2D eigenvalue weighted by atomic mass is 10.0. The molecule has 0 aliphatic rings. The van der Waals surface area contributed by atoms with Crippen molar-refractivity contribution in [1.82, 2.24) is 5.32 Å². The van der Waals surface area contributed by atoms with Crippen LogP contribution in [0.15, 0.2) is 21.6 Å². The van der Waals surface area contributed by atoms with Gasteiger partial charge < -0.3 is 9.15 Å². The van der Waals surface area contributed by atoms with Crippen LogP contribution in [0.2, 0.25) is 0 Å². The summed E-state index contributed by atoms with van der Waals surface area (Å²) in [5, 5.41) is 7.57. The number of carbonyl (C=O) groups excluding carboxylic acids is 1. The van der Waals surface area contributed by atoms with E-state index in [4.69, 9.17) is 9.56 Å². The van der Waals surface area contributed by atoms with Crippen molar-refractivity contribution in [2.24, 2.45) is 11.1 Å². The Labute approximate surface area is 112 Å². The molecule has 0 radical (unpaired) electrons. The predicted octanol–water partition coefficient (Wildman–Crippen LogP) is 0.214. The number of nitrogens with two attached hydrogens (primary N) is 1. The fourth-order valence-corrected chi connectivity index (χ4v) is 2.02. The molecule has 0 aliphatic carbocycles. The summed E-state index contributed by atoms with van der Waals surface area (Å²) in [6, 6.07) is 2.27. The first-order valence-corrected chi connectivity index (χ1v) is 7.23. The van der Waals surface area contributed by atoms with Crippen LogP contribution in [-0.4, -0.2) is 27.5 Å². The number of carbonyl (C=O) groups is 1. The van der Waals surface area contributed by atoms with E-state index in [0.29, 0.717) is 5.76 Å². The van der Waals surface area contributed by atoms with Crippen molar-refractivity contribution in [3.63, 3.8) is 0 Å². The number of rotatable bonds is 6. The van der Waals surface area contributed by atoms with Crippen LogP contribution in [0.1, 0.15) is 19.6 Å². The second-order valence-electron chi connectivity index (χ2n) is 4.39. The monoisotopic (exact) mass is 290 g/mol. The third-order valence-corrected chi connectivity index (χ3v) is 3.32. The Hall–Kier alpha value is -1.38. The molecule has 1 heterocycles. The summed E-state index contributed by atoms with van der Waals surface area (Å²) in [4.78, 5) is 11.5. The van der Waals surface area contributed by atoms with Gasteiger partial charge in [0.2, 0.25) is 5.09 Å². The van der Waals surface area contributed by atoms with Crippen molar-refractivity contribution in [1.29, 1.82) is 0 Å². The summed E-state index contributed by atoms with van der Waals surface area (Å²) < 4.78 is 31.8. The van der Waals surface area contributed by atoms with Gasteiger partial charge in [0.05, 0.1) is 13.7 Å². The molecule has 7 nitrogen and oxygen atoms in total. The van der Waals surface area contributed by atoms with Gasteiger partial charge in [0, 0.05) is 0 Å². The molecule has 1 rings (SSSR count). The SMILES string of the molecule is COC(=O)C(NCc1ccc(S(N)(=O)=O)o1)C(C)C. The zero-order chi connectivity index (χ0) is 14.6. The largest absolute Gasteiger partial charge is 0.468 e. The molecule has 0 spiro atoms. The van der Waals surface area contributed by atoms with Crippen LogP contribution in [0.3, 0.4) is 0 Å². The van der Waals surface area contributed by atoms with E-state index in [2.05, 4.69) is 10.1 Å². The summed E-state index contributed by atoms with van der Waals surface area (Å²) in [6.07, 6.45) is 0. The van der Waals surface area contributed by atoms with Crippen LogP contribution in [0.4, 0.5) is 0 Å². The highest BCUT2D eigenvalue weighted by Gasteiger charge is 2.23. The fourth-order valence-electron chi connectivity index (χ4n) is 1.53. The number of furan rings is 1. The number of methoxy groups -OCH3 is 1. The summed E-state index contributed by atoms with van der Waals surface area (Å²) in [5.41, 5.74) is 0. The van der Waals surface area contributed by atoms with E-state index >= 15 is 0 Å². The van der Waals surface area contributed by atoms with Crippen molar-refractivity contribution < 1.29 is 22.4 Å². The molecule has 0 saturated carbocycles. The molecule has 108 valence electrons. The van der Waals surface area contributed by atoms with E-state index in [1.165, 1.54) is 19.2 Å². The second-order valence-corrected chi connectivity index (χ2v) is 5.88. The highest BCUT2D eigenvalue weighted by Crippen LogP contribution is 2.13. The molecule has 0 aromatic carbocycles. The van der Waals surface area contributed by atoms with Gasteiger partial charge in [0.15, 0.2) is 0 Å². The topological polar surface area (TPSA) is 112 Å². The maximum Gasteiger partial charge on any atom is 0.323 e. The van der Waals surface area contributed by atoms with Crippen molar-refractivity contribution in [3.05, 3.63) is 17.9 Å². The lowest BCUT2D eigenvalue weighted by molar-refractivity contribution is -0.144. The Bertz CT molecular complexity index is 535. The molecule has 8 heteroatoms. The van der Waals surface area contributed by atoms with Crippen LogP contribution in [0, 0.1) is 5.92 Å². The van der Waals surface area contributed by atoms with Crippen molar-refractivity contribution in [3.8, 4) is 0 Å². The van der Waals surface area contributed by atoms with E-state index in [1.807, 2.05) is 13.8 Å². The molecule has 3 N–H and O–H groups in total. The van der Waals surface area contributed by atoms with Crippen LogP contribution in [-0.2, 0) is 26.1 Å². The lowest BCUT2D eigenvalue weighted by Gasteiger charge is -2.19. The molecule has 0 aliphatic heterocycles. The number of nitrogens with one attached hydrogen (secondary N) is 1. The minimum atomic E-state index is -3.84. The Morgan fingerprint density at radius 2 is 2.11 bits per heavy atom. The Morgan fingerprint density at radius 1 is 1.47 bits per heavy atom. The molecule has 0 saturated heterocycles. The van der Waals surface area contributed by atoms with Gasteiger partial charge in [-0.3, -0.25) is 10.1 Å². The fraction of sp³-hybridized carbons (Fsp3) is 0.545. The predicted molar refractivity (Wildman–Crippen MR) is 67.6 cm³/mol. The molecule has 0 bridgehead atoms. The maximum atomic E-state index is 11.5. The molecule has 0 fully saturated rings. The summed E-state index contributed by atoms with van der Waals surface area (Å²) in [5.74, 6) is 0.0203. The Kier molecular flexibility index (Phi) is 5.10. The first-order chi connectivity index (χ1) is 8.75. The number of primary sulfonamides is 1. The van der Waals surface area contributed by atoms with Gasteiger partial charge in [-0.2, -0.15) is 0 Å². The van der Waals surface area contributed by atoms with Crippen LogP contribution >= 0.6 is 0 Å². The van der Waals surface area contributed by atoms with Gasteiger partial charge in [0.1, 0.15) is 11.8 Å². The zero-order valence-electron chi connectivity index (χ0n) is 11.0. The maximum absolute atomic E-state index is 11.5. The van der Waals surface area contributed by atoms with Gasteiger partial charge in [0.25, 0.3) is 10.0 Å². The molecule has 0 amide bonds. The minimum absolute atomic E-state index is 0.0279. The molecule has 1 unspecified atom stereocenters. The van der Waals surface area contributed by atoms with Gasteiger partial charge in [-0.15, -0.1) is 0 Å². The standard InChI is InChI=1S/C11H18N2O5S/c1-7(2)10(11(14)17-3)13-6-8-4-5-9(18-8)19(12,15)16/h4-5,7,10,13H,6H2,1-3H3,(H2,12,15,16). The average molecular weight is 290 g/mol. The highest BCUT2D eigenvalue weighted by molar-refractivity contribution is 7.89. The summed E-state index contributed by atoms with van der Waals surface area (Å²) in [7, 11) is -2.53. The summed E-state index contributed by atoms with van der Waals surface area (Å²) >= 11 is 0. The number of ether oxygens (including phenoxy) is 1. The van der Waals surface area contributed by atoms with Crippen molar-refractivity contribution in [2.45, 2.75) is 31.5 Å². The van der Waals surface area contributed by atoms with Gasteiger partial charge in [-0.05, 0) is 18.1 Å². The van der Waals surface area contributed by atoms with Crippen LogP contribution in [0.25, 0.3) is 0 Å². The summed E-state index contributed by atoms with van der Waals surface area (Å²) in [6.45, 7) is 3.94. The number of esters is 1. The minimum Gasteiger partial charge on any atom is -0.468 e. The van der Waals surface area contributed by atoms with Crippen LogP contribution < -0.4 is 10.5 Å². The van der Waals surface area contributed by atoms with E-state index in [0.717, 1.165) is 0 Å². The quantitative estimate of drug-likeness (QED) is 0.725. The lowest BCUT2D eigenvalue weighted by Crippen LogP contribution is -2.41. The molecule has 1 atom stereocenters. The molecule has 1 aromatic heterocycles. The van der Waals surface area contributed by atoms with E-state index in [-0.39, 0.29) is 23.5 Å². The van der Waals surface area contributed by atoms with Gasteiger partial charge in [-0.1, -0.05) is 13.8 Å². The number of hydrogen-bond acceptors (Lipinski definition) is 6. The third-order valence-electron chi connectivity index (χ3n) is 2.54. The zero-order valence-corrected chi connectivity index (χ0v) is 11.9. The highest BCUT2D eigenvalue weighted by atomic mass is 32.2. The molecule has 1 aromatic rings. The smallest absolute Gasteiger partial charge is 0.323 e. The van der Waals surface area contributed by atoms with Crippen LogP contribution in [0.5, 0.6) is 0 Å². The van der Waals surface area contributed by atoms with E-state index in [1.54, 1.807) is 0 Å². The average Bonchev–Trinajstić information content (AvgIpc) is 2.76. The van der Waals surface area contributed by atoms with E-state index in [9.17, 15) is 13.2 Å². The van der Waals surface area contributed by atoms with Gasteiger partial charge in [-0.25, -0.2) is 13.6 Å². The molecule has 19 heavy (non-hydrogen) atoms. The first-order valence-electron chi connectivity index (χ1n) is 5.68.